The van der Waals surface area contributed by atoms with Crippen molar-refractivity contribution in [2.24, 2.45) is 5.41 Å². The second-order valence-electron chi connectivity index (χ2n) is 8.59. The van der Waals surface area contributed by atoms with Crippen molar-refractivity contribution >= 4 is 32.4 Å². The molecule has 0 fully saturated rings. The predicted molar refractivity (Wildman–Crippen MR) is 135 cm³/mol. The van der Waals surface area contributed by atoms with Gasteiger partial charge in [-0.2, -0.15) is 0 Å². The van der Waals surface area contributed by atoms with Crippen molar-refractivity contribution in [3.8, 4) is 5.75 Å². The SMILES string of the molecule is CCCC[C@@]1(CC)CS(=O)(=O)c2ccc(OCCOC)cc2[C@H](c2ccc(I)cc2)[C@@H]1O. The average molecular weight is 573 g/mol. The van der Waals surface area contributed by atoms with Gasteiger partial charge in [-0.3, -0.25) is 0 Å². The second-order valence-corrected chi connectivity index (χ2v) is 11.8. The van der Waals surface area contributed by atoms with Gasteiger partial charge in [-0.25, -0.2) is 8.42 Å². The molecule has 1 heterocycles. The summed E-state index contributed by atoms with van der Waals surface area (Å²) in [5.41, 5.74) is 0.818. The first-order chi connectivity index (χ1) is 15.3. The number of methoxy groups -OCH3 is 1. The lowest BCUT2D eigenvalue weighted by molar-refractivity contribution is 0.0173. The summed E-state index contributed by atoms with van der Waals surface area (Å²) < 4.78 is 39.2. The number of hydrogen-bond donors (Lipinski definition) is 1. The Morgan fingerprint density at radius 1 is 1.12 bits per heavy atom. The van der Waals surface area contributed by atoms with Crippen LogP contribution in [0.4, 0.5) is 0 Å². The third-order valence-corrected chi connectivity index (χ3v) is 9.31. The molecule has 1 aliphatic rings. The predicted octanol–water partition coefficient (Wildman–Crippen LogP) is 5.18. The molecule has 7 heteroatoms. The van der Waals surface area contributed by atoms with Crippen molar-refractivity contribution in [1.82, 2.24) is 0 Å². The van der Waals surface area contributed by atoms with E-state index in [1.54, 1.807) is 25.3 Å². The molecule has 0 bridgehead atoms. The number of rotatable bonds is 9. The van der Waals surface area contributed by atoms with Crippen molar-refractivity contribution in [1.29, 1.82) is 0 Å². The van der Waals surface area contributed by atoms with Crippen LogP contribution in [0.1, 0.15) is 56.6 Å². The first kappa shape index (κ1) is 25.5. The van der Waals surface area contributed by atoms with Crippen molar-refractivity contribution in [2.75, 3.05) is 26.1 Å². The van der Waals surface area contributed by atoms with Gasteiger partial charge in [0.2, 0.25) is 0 Å². The van der Waals surface area contributed by atoms with Gasteiger partial charge in [0.1, 0.15) is 12.4 Å². The van der Waals surface area contributed by atoms with Gasteiger partial charge in [-0.15, -0.1) is 0 Å². The van der Waals surface area contributed by atoms with Gasteiger partial charge in [0, 0.05) is 22.0 Å². The smallest absolute Gasteiger partial charge is 0.179 e. The molecule has 3 rings (SSSR count). The zero-order valence-corrected chi connectivity index (χ0v) is 22.0. The third kappa shape index (κ3) is 5.32. The van der Waals surface area contributed by atoms with Gasteiger partial charge in [0.15, 0.2) is 9.84 Å². The van der Waals surface area contributed by atoms with Crippen molar-refractivity contribution in [3.05, 3.63) is 57.2 Å². The molecule has 0 aromatic heterocycles. The summed E-state index contributed by atoms with van der Waals surface area (Å²) in [5.74, 6) is 0.0772. The summed E-state index contributed by atoms with van der Waals surface area (Å²) in [4.78, 5) is 0.297. The highest BCUT2D eigenvalue weighted by atomic mass is 127. The quantitative estimate of drug-likeness (QED) is 0.331. The summed E-state index contributed by atoms with van der Waals surface area (Å²) in [7, 11) is -1.99. The Bertz CT molecular complexity index is 1010. The number of benzene rings is 2. The largest absolute Gasteiger partial charge is 0.491 e. The fraction of sp³-hybridized carbons (Fsp3) is 0.520. The molecule has 0 saturated carbocycles. The summed E-state index contributed by atoms with van der Waals surface area (Å²) in [6.45, 7) is 4.90. The Labute approximate surface area is 205 Å². The minimum atomic E-state index is -3.59. The van der Waals surface area contributed by atoms with E-state index < -0.39 is 27.3 Å². The molecule has 0 aliphatic carbocycles. The summed E-state index contributed by atoms with van der Waals surface area (Å²) in [6, 6.07) is 13.1. The number of sulfone groups is 1. The number of halogens is 1. The van der Waals surface area contributed by atoms with Crippen LogP contribution in [0.2, 0.25) is 0 Å². The molecule has 0 saturated heterocycles. The first-order valence-corrected chi connectivity index (χ1v) is 13.9. The van der Waals surface area contributed by atoms with Crippen molar-refractivity contribution in [2.45, 2.75) is 56.4 Å². The topological polar surface area (TPSA) is 72.8 Å². The molecule has 2 aromatic rings. The van der Waals surface area contributed by atoms with E-state index in [4.69, 9.17) is 9.47 Å². The normalized spacial score (nSPS) is 24.5. The Balaban J connectivity index is 2.21. The van der Waals surface area contributed by atoms with Crippen LogP contribution in [0.5, 0.6) is 5.75 Å². The summed E-state index contributed by atoms with van der Waals surface area (Å²) in [5, 5.41) is 11.9. The maximum Gasteiger partial charge on any atom is 0.179 e. The zero-order chi connectivity index (χ0) is 23.4. The molecule has 1 N–H and O–H groups in total. The highest BCUT2D eigenvalue weighted by molar-refractivity contribution is 14.1. The van der Waals surface area contributed by atoms with E-state index in [1.807, 2.05) is 31.2 Å². The lowest BCUT2D eigenvalue weighted by atomic mass is 9.69. The van der Waals surface area contributed by atoms with E-state index in [9.17, 15) is 13.5 Å². The van der Waals surface area contributed by atoms with E-state index >= 15 is 0 Å². The molecule has 0 radical (unpaired) electrons. The second kappa shape index (κ2) is 10.8. The molecule has 2 aromatic carbocycles. The van der Waals surface area contributed by atoms with Crippen LogP contribution in [0.3, 0.4) is 0 Å². The van der Waals surface area contributed by atoms with Gasteiger partial charge >= 0.3 is 0 Å². The van der Waals surface area contributed by atoms with Crippen LogP contribution >= 0.6 is 22.6 Å². The summed E-state index contributed by atoms with van der Waals surface area (Å²) >= 11 is 2.25. The third-order valence-electron chi connectivity index (χ3n) is 6.59. The highest BCUT2D eigenvalue weighted by Crippen LogP contribution is 2.49. The molecule has 3 atom stereocenters. The highest BCUT2D eigenvalue weighted by Gasteiger charge is 2.49. The van der Waals surface area contributed by atoms with Crippen molar-refractivity contribution in [3.63, 3.8) is 0 Å². The Morgan fingerprint density at radius 2 is 1.84 bits per heavy atom. The fourth-order valence-electron chi connectivity index (χ4n) is 4.72. The van der Waals surface area contributed by atoms with Gasteiger partial charge in [0.05, 0.1) is 23.4 Å². The lowest BCUT2D eigenvalue weighted by Crippen LogP contribution is -2.42. The molecule has 5 nitrogen and oxygen atoms in total. The molecule has 0 unspecified atom stereocenters. The van der Waals surface area contributed by atoms with Gasteiger partial charge < -0.3 is 14.6 Å². The van der Waals surface area contributed by atoms with Gasteiger partial charge in [0.25, 0.3) is 0 Å². The van der Waals surface area contributed by atoms with E-state index in [0.29, 0.717) is 42.3 Å². The van der Waals surface area contributed by atoms with Crippen LogP contribution in [-0.4, -0.2) is 45.7 Å². The number of ether oxygens (including phenoxy) is 2. The van der Waals surface area contributed by atoms with E-state index in [2.05, 4.69) is 29.5 Å². The van der Waals surface area contributed by atoms with E-state index in [0.717, 1.165) is 22.0 Å². The molecular formula is C25H33IO5S. The average Bonchev–Trinajstić information content (AvgIpc) is 2.84. The van der Waals surface area contributed by atoms with Crippen LogP contribution in [-0.2, 0) is 14.6 Å². The number of fused-ring (bicyclic) bond motifs is 1. The first-order valence-electron chi connectivity index (χ1n) is 11.2. The number of hydrogen-bond acceptors (Lipinski definition) is 5. The van der Waals surface area contributed by atoms with E-state index in [-0.39, 0.29) is 5.75 Å². The molecular weight excluding hydrogens is 539 g/mol. The number of aliphatic hydroxyl groups is 1. The summed E-state index contributed by atoms with van der Waals surface area (Å²) in [6.07, 6.45) is 2.27. The lowest BCUT2D eigenvalue weighted by Gasteiger charge is -2.39. The Kier molecular flexibility index (Phi) is 8.63. The minimum Gasteiger partial charge on any atom is -0.491 e. The Morgan fingerprint density at radius 3 is 2.47 bits per heavy atom. The van der Waals surface area contributed by atoms with Crippen LogP contribution in [0, 0.1) is 8.99 Å². The molecule has 0 amide bonds. The maximum atomic E-state index is 13.6. The van der Waals surface area contributed by atoms with Crippen LogP contribution in [0.25, 0.3) is 0 Å². The Hall–Kier alpha value is -1.16. The molecule has 32 heavy (non-hydrogen) atoms. The zero-order valence-electron chi connectivity index (χ0n) is 19.0. The van der Waals surface area contributed by atoms with Crippen LogP contribution in [0.15, 0.2) is 47.4 Å². The monoisotopic (exact) mass is 572 g/mol. The van der Waals surface area contributed by atoms with Crippen LogP contribution < -0.4 is 4.74 Å². The van der Waals surface area contributed by atoms with Gasteiger partial charge in [-0.05, 0) is 76.9 Å². The number of aliphatic hydroxyl groups excluding tert-OH is 1. The minimum absolute atomic E-state index is 0.0462. The fourth-order valence-corrected chi connectivity index (χ4v) is 7.33. The van der Waals surface area contributed by atoms with E-state index in [1.165, 1.54) is 0 Å². The van der Waals surface area contributed by atoms with Gasteiger partial charge in [-0.1, -0.05) is 38.8 Å². The standard InChI is InChI=1S/C25H33IO5S/c1-4-6-13-25(5-2)17-32(28,29)22-12-11-20(31-15-14-30-3)16-21(22)23(24(25)27)18-7-9-19(26)10-8-18/h7-12,16,23-24,27H,4-6,13-15,17H2,1-3H3/t23-,24-,25-/m0/s1. The number of unbranched alkanes of at least 4 members (excludes halogenated alkanes) is 1. The molecule has 0 spiro atoms. The maximum absolute atomic E-state index is 13.6. The van der Waals surface area contributed by atoms with Crippen molar-refractivity contribution < 1.29 is 23.0 Å². The molecule has 176 valence electrons. The molecule has 1 aliphatic heterocycles.